The molecule has 0 radical (unpaired) electrons. The minimum Gasteiger partial charge on any atom is -0.286 e. The van der Waals surface area contributed by atoms with Gasteiger partial charge >= 0.3 is 0 Å². The maximum atomic E-state index is 9.19. The van der Waals surface area contributed by atoms with E-state index in [1.54, 1.807) is 0 Å². The van der Waals surface area contributed by atoms with Gasteiger partial charge < -0.3 is 0 Å². The lowest BCUT2D eigenvalue weighted by molar-refractivity contribution is 0.490. The maximum Gasteiger partial charge on any atom is 0.261 e. The predicted octanol–water partition coefficient (Wildman–Crippen LogP) is 2.09. The summed E-state index contributed by atoms with van der Waals surface area (Å²) in [5.41, 5.74) is 0. The summed E-state index contributed by atoms with van der Waals surface area (Å²) < 4.78 is 25.9. The molecule has 0 saturated carbocycles. The van der Waals surface area contributed by atoms with Crippen molar-refractivity contribution < 1.29 is 13.0 Å². The monoisotopic (exact) mass is 182 g/mol. The third kappa shape index (κ3) is 73.2. The number of unbranched alkanes of at least 4 members (excludes halogenated alkanes) is 3. The third-order valence-electron chi connectivity index (χ3n) is 0.957. The van der Waals surface area contributed by atoms with Crippen molar-refractivity contribution in [1.29, 1.82) is 0 Å². The van der Waals surface area contributed by atoms with Crippen LogP contribution in [0.15, 0.2) is 0 Å². The van der Waals surface area contributed by atoms with E-state index in [2.05, 4.69) is 13.8 Å². The van der Waals surface area contributed by atoms with Crippen molar-refractivity contribution in [3.63, 3.8) is 0 Å². The molecule has 0 aliphatic carbocycles. The number of hydrogen-bond donors (Lipinski definition) is 1. The number of rotatable bonds is 3. The lowest BCUT2D eigenvalue weighted by Gasteiger charge is -1.86. The van der Waals surface area contributed by atoms with Crippen LogP contribution in [0.4, 0.5) is 0 Å². The van der Waals surface area contributed by atoms with E-state index in [-0.39, 0.29) is 0 Å². The molecule has 4 heteroatoms. The van der Waals surface area contributed by atoms with E-state index in [9.17, 15) is 8.42 Å². The second-order valence-corrected chi connectivity index (χ2v) is 3.91. The van der Waals surface area contributed by atoms with Crippen LogP contribution in [0.1, 0.15) is 39.5 Å². The zero-order valence-electron chi connectivity index (χ0n) is 7.50. The van der Waals surface area contributed by atoms with Crippen LogP contribution in [0.3, 0.4) is 0 Å². The Kier molecular flexibility index (Phi) is 9.83. The maximum absolute atomic E-state index is 9.19. The molecule has 0 atom stereocenters. The van der Waals surface area contributed by atoms with E-state index in [1.807, 2.05) is 0 Å². The summed E-state index contributed by atoms with van der Waals surface area (Å²) in [5.74, 6) is 0. The fourth-order valence-electron chi connectivity index (χ4n) is 0.500. The van der Waals surface area contributed by atoms with Crippen LogP contribution in [0.25, 0.3) is 0 Å². The molecular formula is C7H18O3S. The van der Waals surface area contributed by atoms with Crippen LogP contribution in [-0.4, -0.2) is 19.2 Å². The van der Waals surface area contributed by atoms with Crippen molar-refractivity contribution in [1.82, 2.24) is 0 Å². The predicted molar refractivity (Wildman–Crippen MR) is 47.3 cm³/mol. The Labute approximate surface area is 69.6 Å². The molecule has 0 aromatic heterocycles. The number of hydrogen-bond acceptors (Lipinski definition) is 2. The fraction of sp³-hybridized carbons (Fsp3) is 1.00. The minimum absolute atomic E-state index is 0.715. The van der Waals surface area contributed by atoms with Gasteiger partial charge in [0.1, 0.15) is 0 Å². The molecule has 0 aliphatic heterocycles. The van der Waals surface area contributed by atoms with Gasteiger partial charge in [-0.15, -0.1) is 0 Å². The first-order chi connectivity index (χ1) is 4.91. The van der Waals surface area contributed by atoms with Crippen molar-refractivity contribution in [2.75, 3.05) is 6.26 Å². The average Bonchev–Trinajstić information content (AvgIpc) is 1.79. The van der Waals surface area contributed by atoms with E-state index >= 15 is 0 Å². The van der Waals surface area contributed by atoms with Crippen molar-refractivity contribution in [2.45, 2.75) is 39.5 Å². The zero-order valence-corrected chi connectivity index (χ0v) is 8.32. The van der Waals surface area contributed by atoms with Gasteiger partial charge in [0.05, 0.1) is 6.26 Å². The first-order valence-electron chi connectivity index (χ1n) is 3.84. The second-order valence-electron chi connectivity index (χ2n) is 2.44. The van der Waals surface area contributed by atoms with Gasteiger partial charge in [-0.3, -0.25) is 4.55 Å². The van der Waals surface area contributed by atoms with E-state index < -0.39 is 10.1 Å². The second kappa shape index (κ2) is 8.01. The Bertz CT molecular complexity index is 137. The van der Waals surface area contributed by atoms with Crippen molar-refractivity contribution in [2.24, 2.45) is 0 Å². The van der Waals surface area contributed by atoms with Crippen LogP contribution in [-0.2, 0) is 10.1 Å². The average molecular weight is 182 g/mol. The Morgan fingerprint density at radius 3 is 1.36 bits per heavy atom. The van der Waals surface area contributed by atoms with Crippen molar-refractivity contribution >= 4 is 10.1 Å². The Hall–Kier alpha value is -0.0900. The van der Waals surface area contributed by atoms with Gasteiger partial charge in [-0.1, -0.05) is 39.5 Å². The van der Waals surface area contributed by atoms with Gasteiger partial charge in [0.25, 0.3) is 10.1 Å². The summed E-state index contributed by atoms with van der Waals surface area (Å²) in [6.45, 7) is 4.46. The molecule has 70 valence electrons. The van der Waals surface area contributed by atoms with Crippen LogP contribution >= 0.6 is 0 Å². The van der Waals surface area contributed by atoms with Gasteiger partial charge in [0, 0.05) is 0 Å². The zero-order chi connectivity index (χ0) is 9.33. The first-order valence-corrected chi connectivity index (χ1v) is 5.69. The normalized spacial score (nSPS) is 10.2. The van der Waals surface area contributed by atoms with Crippen LogP contribution in [0.2, 0.25) is 0 Å². The van der Waals surface area contributed by atoms with E-state index in [4.69, 9.17) is 4.55 Å². The molecule has 0 aliphatic rings. The van der Waals surface area contributed by atoms with E-state index in [0.717, 1.165) is 0 Å². The molecule has 0 saturated heterocycles. The van der Waals surface area contributed by atoms with Gasteiger partial charge in [-0.05, 0) is 0 Å². The highest BCUT2D eigenvalue weighted by atomic mass is 32.2. The largest absolute Gasteiger partial charge is 0.286 e. The van der Waals surface area contributed by atoms with Crippen LogP contribution < -0.4 is 0 Å². The molecule has 0 fully saturated rings. The molecular weight excluding hydrogens is 164 g/mol. The summed E-state index contributed by atoms with van der Waals surface area (Å²) in [7, 11) is -3.67. The molecule has 3 nitrogen and oxygen atoms in total. The molecule has 0 bridgehead atoms. The van der Waals surface area contributed by atoms with Gasteiger partial charge in [-0.25, -0.2) is 0 Å². The van der Waals surface area contributed by atoms with E-state index in [0.29, 0.717) is 6.26 Å². The highest BCUT2D eigenvalue weighted by Gasteiger charge is 1.81. The van der Waals surface area contributed by atoms with Crippen LogP contribution in [0.5, 0.6) is 0 Å². The molecule has 0 aromatic carbocycles. The highest BCUT2D eigenvalue weighted by molar-refractivity contribution is 7.85. The topological polar surface area (TPSA) is 54.4 Å². The van der Waals surface area contributed by atoms with Gasteiger partial charge in [-0.2, -0.15) is 8.42 Å². The van der Waals surface area contributed by atoms with Gasteiger partial charge in [0.15, 0.2) is 0 Å². The molecule has 1 N–H and O–H groups in total. The highest BCUT2D eigenvalue weighted by Crippen LogP contribution is 1.95. The molecule has 11 heavy (non-hydrogen) atoms. The Balaban J connectivity index is 0. The summed E-state index contributed by atoms with van der Waals surface area (Å²) in [5, 5.41) is 0. The van der Waals surface area contributed by atoms with Crippen molar-refractivity contribution in [3.05, 3.63) is 0 Å². The van der Waals surface area contributed by atoms with Crippen molar-refractivity contribution in [3.8, 4) is 0 Å². The smallest absolute Gasteiger partial charge is 0.261 e. The Morgan fingerprint density at radius 2 is 1.27 bits per heavy atom. The molecule has 0 aromatic rings. The lowest BCUT2D eigenvalue weighted by Crippen LogP contribution is -1.88. The molecule has 0 unspecified atom stereocenters. The summed E-state index contributed by atoms with van der Waals surface area (Å²) in [4.78, 5) is 0. The fourth-order valence-corrected chi connectivity index (χ4v) is 0.500. The first kappa shape index (κ1) is 13.5. The lowest BCUT2D eigenvalue weighted by atomic mass is 10.2. The Morgan fingerprint density at radius 1 is 1.09 bits per heavy atom. The quantitative estimate of drug-likeness (QED) is 0.537. The summed E-state index contributed by atoms with van der Waals surface area (Å²) >= 11 is 0. The SMILES string of the molecule is CCCCCC.CS(=O)(=O)O. The van der Waals surface area contributed by atoms with E-state index in [1.165, 1.54) is 25.7 Å². The molecule has 0 rings (SSSR count). The third-order valence-corrected chi connectivity index (χ3v) is 0.957. The van der Waals surface area contributed by atoms with Gasteiger partial charge in [0.2, 0.25) is 0 Å². The molecule has 0 heterocycles. The summed E-state index contributed by atoms with van der Waals surface area (Å²) in [6.07, 6.45) is 6.25. The standard InChI is InChI=1S/C6H14.CH4O3S/c1-3-5-6-4-2;1-5(2,3)4/h3-6H2,1-2H3;1H3,(H,2,3,4). The summed E-state index contributed by atoms with van der Waals surface area (Å²) in [6, 6.07) is 0. The molecule has 0 amide bonds. The van der Waals surface area contributed by atoms with Crippen LogP contribution in [0, 0.1) is 0 Å². The minimum atomic E-state index is -3.67. The molecule has 0 spiro atoms.